The molecule has 3 aromatic rings. The van der Waals surface area contributed by atoms with Crippen LogP contribution in [-0.4, -0.2) is 44.2 Å². The average molecular weight is 517 g/mol. The monoisotopic (exact) mass is 517 g/mol. The first-order valence-electron chi connectivity index (χ1n) is 9.32. The van der Waals surface area contributed by atoms with E-state index in [4.69, 9.17) is 14.9 Å². The quantitative estimate of drug-likeness (QED) is 0.394. The third-order valence-corrected chi connectivity index (χ3v) is 5.57. The molecule has 3 aromatic heterocycles. The van der Waals surface area contributed by atoms with Crippen LogP contribution in [0.2, 0.25) is 0 Å². The van der Waals surface area contributed by atoms with E-state index in [-0.39, 0.29) is 0 Å². The first-order chi connectivity index (χ1) is 14.6. The van der Waals surface area contributed by atoms with Crippen molar-refractivity contribution < 1.29 is 9.47 Å². The van der Waals surface area contributed by atoms with Gasteiger partial charge in [0, 0.05) is 43.7 Å². The zero-order valence-electron chi connectivity index (χ0n) is 16.5. The lowest BCUT2D eigenvalue weighted by Crippen LogP contribution is -2.07. The lowest BCUT2D eigenvalue weighted by Gasteiger charge is -2.15. The van der Waals surface area contributed by atoms with Gasteiger partial charge in [-0.05, 0) is 35.6 Å². The molecule has 0 spiro atoms. The summed E-state index contributed by atoms with van der Waals surface area (Å²) in [6, 6.07) is 3.60. The number of ether oxygens (including phenoxy) is 2. The minimum atomic E-state index is 0.403. The highest BCUT2D eigenvalue weighted by Gasteiger charge is 2.18. The van der Waals surface area contributed by atoms with Crippen LogP contribution in [0.3, 0.4) is 0 Å². The smallest absolute Gasteiger partial charge is 0.166 e. The van der Waals surface area contributed by atoms with E-state index >= 15 is 0 Å². The second-order valence-electron chi connectivity index (χ2n) is 6.63. The Kier molecular flexibility index (Phi) is 5.93. The van der Waals surface area contributed by atoms with Crippen LogP contribution in [0.1, 0.15) is 17.8 Å². The van der Waals surface area contributed by atoms with Gasteiger partial charge in [0.2, 0.25) is 0 Å². The van der Waals surface area contributed by atoms with Crippen molar-refractivity contribution in [1.82, 2.24) is 24.7 Å². The number of anilines is 2. The Labute approximate surface area is 187 Å². The third-order valence-electron chi connectivity index (χ3n) is 4.55. The molecule has 0 aromatic carbocycles. The summed E-state index contributed by atoms with van der Waals surface area (Å²) in [6.07, 6.45) is 6.76. The molecular formula is C20H20IN7O2. The first kappa shape index (κ1) is 20.3. The number of aryl methyl sites for hydroxylation is 1. The molecule has 9 nitrogen and oxygen atoms in total. The van der Waals surface area contributed by atoms with Gasteiger partial charge < -0.3 is 20.2 Å². The molecule has 0 fully saturated rings. The Hall–Kier alpha value is -3.02. The van der Waals surface area contributed by atoms with Crippen molar-refractivity contribution in [2.75, 3.05) is 18.5 Å². The number of hydrogen-bond acceptors (Lipinski definition) is 8. The molecule has 10 heteroatoms. The van der Waals surface area contributed by atoms with Crippen molar-refractivity contribution >= 4 is 46.0 Å². The SMILES string of the molecule is Cc1c(I)nn(C)c1-c1cnc2cc1OCCCOC=C(C=N)c1nccc(n1)N2. The minimum Gasteiger partial charge on any atom is -0.500 e. The summed E-state index contributed by atoms with van der Waals surface area (Å²) in [5.74, 6) is 2.26. The van der Waals surface area contributed by atoms with Gasteiger partial charge in [-0.25, -0.2) is 15.0 Å². The molecule has 2 N–H and O–H groups in total. The molecule has 4 bridgehead atoms. The van der Waals surface area contributed by atoms with E-state index < -0.39 is 0 Å². The Bertz CT molecular complexity index is 1130. The van der Waals surface area contributed by atoms with Crippen LogP contribution in [0.15, 0.2) is 30.8 Å². The zero-order chi connectivity index (χ0) is 21.1. The molecule has 0 unspecified atom stereocenters. The van der Waals surface area contributed by atoms with E-state index in [1.54, 1.807) is 18.5 Å². The number of aromatic nitrogens is 5. The van der Waals surface area contributed by atoms with Crippen molar-refractivity contribution in [3.8, 4) is 17.0 Å². The second-order valence-corrected chi connectivity index (χ2v) is 7.66. The van der Waals surface area contributed by atoms with E-state index in [1.165, 1.54) is 12.5 Å². The normalized spacial score (nSPS) is 13.9. The molecule has 0 amide bonds. The number of pyridine rings is 1. The predicted octanol–water partition coefficient (Wildman–Crippen LogP) is 3.72. The fraction of sp³-hybridized carbons (Fsp3) is 0.250. The van der Waals surface area contributed by atoms with Crippen LogP contribution < -0.4 is 10.1 Å². The summed E-state index contributed by atoms with van der Waals surface area (Å²) >= 11 is 2.23. The largest absolute Gasteiger partial charge is 0.500 e. The Morgan fingerprint density at radius 2 is 2.13 bits per heavy atom. The Balaban J connectivity index is 1.77. The van der Waals surface area contributed by atoms with Crippen molar-refractivity contribution in [1.29, 1.82) is 5.41 Å². The van der Waals surface area contributed by atoms with Crippen LogP contribution >= 0.6 is 22.6 Å². The van der Waals surface area contributed by atoms with Crippen molar-refractivity contribution in [2.45, 2.75) is 13.3 Å². The maximum Gasteiger partial charge on any atom is 0.166 e. The highest BCUT2D eigenvalue weighted by molar-refractivity contribution is 14.1. The van der Waals surface area contributed by atoms with Gasteiger partial charge in [-0.1, -0.05) is 0 Å². The number of halogens is 1. The van der Waals surface area contributed by atoms with Crippen molar-refractivity contribution in [3.05, 3.63) is 45.9 Å². The lowest BCUT2D eigenvalue weighted by molar-refractivity contribution is 0.210. The summed E-state index contributed by atoms with van der Waals surface area (Å²) in [6.45, 7) is 2.96. The number of rotatable bonds is 2. The van der Waals surface area contributed by atoms with Crippen LogP contribution in [0.5, 0.6) is 5.75 Å². The van der Waals surface area contributed by atoms with Crippen molar-refractivity contribution in [3.63, 3.8) is 0 Å². The standard InChI is InChI=1S/C20H20IN7O2/c1-12-18(28(2)27-19(12)21)14-10-24-17-8-15(14)30-7-3-6-29-11-13(9-22)20-23-5-4-16(25-17)26-20/h4-5,8-11,22H,3,6-7H2,1-2H3,(H,23,24,25,26). The van der Waals surface area contributed by atoms with Crippen LogP contribution in [0.25, 0.3) is 16.8 Å². The molecule has 154 valence electrons. The molecule has 0 aliphatic carbocycles. The highest BCUT2D eigenvalue weighted by Crippen LogP contribution is 2.35. The van der Waals surface area contributed by atoms with Gasteiger partial charge in [0.05, 0.1) is 36.3 Å². The van der Waals surface area contributed by atoms with E-state index in [2.05, 4.69) is 48.0 Å². The highest BCUT2D eigenvalue weighted by atomic mass is 127. The van der Waals surface area contributed by atoms with E-state index in [1.807, 2.05) is 24.7 Å². The first-order valence-corrected chi connectivity index (χ1v) is 10.4. The number of fused-ring (bicyclic) bond motifs is 4. The molecule has 1 aliphatic rings. The Morgan fingerprint density at radius 1 is 1.27 bits per heavy atom. The topological polar surface area (TPSA) is 111 Å². The molecule has 4 heterocycles. The van der Waals surface area contributed by atoms with Crippen LogP contribution in [0, 0.1) is 16.0 Å². The molecule has 4 rings (SSSR count). The molecule has 0 atom stereocenters. The number of nitrogens with one attached hydrogen (secondary N) is 2. The molecule has 0 saturated heterocycles. The van der Waals surface area contributed by atoms with Gasteiger partial charge in [-0.15, -0.1) is 0 Å². The van der Waals surface area contributed by atoms with Crippen molar-refractivity contribution in [2.24, 2.45) is 7.05 Å². The summed E-state index contributed by atoms with van der Waals surface area (Å²) in [5.41, 5.74) is 3.40. The fourth-order valence-corrected chi connectivity index (χ4v) is 3.68. The summed E-state index contributed by atoms with van der Waals surface area (Å²) in [4.78, 5) is 13.3. The molecule has 1 aliphatic heterocycles. The zero-order valence-corrected chi connectivity index (χ0v) is 18.7. The predicted molar refractivity (Wildman–Crippen MR) is 122 cm³/mol. The summed E-state index contributed by atoms with van der Waals surface area (Å²) in [5, 5.41) is 15.3. The maximum atomic E-state index is 7.60. The second kappa shape index (κ2) is 8.78. The summed E-state index contributed by atoms with van der Waals surface area (Å²) in [7, 11) is 1.91. The number of hydrogen-bond donors (Lipinski definition) is 2. The van der Waals surface area contributed by atoms with Gasteiger partial charge in [-0.2, -0.15) is 5.10 Å². The maximum absolute atomic E-state index is 7.60. The van der Waals surface area contributed by atoms with E-state index in [9.17, 15) is 0 Å². The van der Waals surface area contributed by atoms with Gasteiger partial charge in [0.25, 0.3) is 0 Å². The van der Waals surface area contributed by atoms with Gasteiger partial charge in [0.15, 0.2) is 5.82 Å². The van der Waals surface area contributed by atoms with E-state index in [0.717, 1.165) is 20.5 Å². The van der Waals surface area contributed by atoms with Crippen LogP contribution in [0.4, 0.5) is 11.6 Å². The molecular weight excluding hydrogens is 497 g/mol. The number of nitrogens with zero attached hydrogens (tertiary/aromatic N) is 5. The van der Waals surface area contributed by atoms with Gasteiger partial charge >= 0.3 is 0 Å². The molecule has 0 saturated carbocycles. The van der Waals surface area contributed by atoms with Gasteiger partial charge in [-0.3, -0.25) is 4.68 Å². The van der Waals surface area contributed by atoms with Crippen LogP contribution in [-0.2, 0) is 11.8 Å². The minimum absolute atomic E-state index is 0.403. The Morgan fingerprint density at radius 3 is 2.90 bits per heavy atom. The molecule has 0 radical (unpaired) electrons. The summed E-state index contributed by atoms with van der Waals surface area (Å²) < 4.78 is 14.5. The van der Waals surface area contributed by atoms with Gasteiger partial charge in [0.1, 0.15) is 21.1 Å². The molecule has 30 heavy (non-hydrogen) atoms. The average Bonchev–Trinajstić information content (AvgIpc) is 2.99. The third kappa shape index (κ3) is 4.13. The fourth-order valence-electron chi connectivity index (χ4n) is 3.10. The number of allylic oxidation sites excluding steroid dienone is 1. The van der Waals surface area contributed by atoms with E-state index in [0.29, 0.717) is 48.4 Å². The lowest BCUT2D eigenvalue weighted by atomic mass is 10.1.